The number of nitrogens with one attached hydrogen (secondary N) is 1. The van der Waals surface area contributed by atoms with Gasteiger partial charge in [0.25, 0.3) is 11.7 Å². The van der Waals surface area contributed by atoms with Crippen molar-refractivity contribution in [1.82, 2.24) is 5.43 Å². The van der Waals surface area contributed by atoms with Crippen LogP contribution in [0.25, 0.3) is 0 Å². The van der Waals surface area contributed by atoms with Gasteiger partial charge in [0.15, 0.2) is 16.5 Å². The number of carboxylic acids is 1. The Labute approximate surface area is 132 Å². The van der Waals surface area contributed by atoms with E-state index in [0.717, 1.165) is 24.7 Å². The molecule has 0 spiro atoms. The fourth-order valence-corrected chi connectivity index (χ4v) is 2.59. The Hall–Kier alpha value is -2.95. The van der Waals surface area contributed by atoms with E-state index in [9.17, 15) is 28.0 Å². The molecule has 1 unspecified atom stereocenters. The van der Waals surface area contributed by atoms with Gasteiger partial charge in [-0.1, -0.05) is 0 Å². The first kappa shape index (κ1) is 15.9. The third-order valence-corrected chi connectivity index (χ3v) is 3.70. The Balaban J connectivity index is 2.28. The molecule has 2 heterocycles. The zero-order chi connectivity index (χ0) is 17.7. The second kappa shape index (κ2) is 5.03. The second-order valence-electron chi connectivity index (χ2n) is 4.89. The fourth-order valence-electron chi connectivity index (χ4n) is 2.59. The average Bonchev–Trinajstić information content (AvgIpc) is 2.94. The van der Waals surface area contributed by atoms with E-state index in [4.69, 9.17) is 9.47 Å². The molecule has 24 heavy (non-hydrogen) atoms. The number of methoxy groups -OCH3 is 1. The Bertz CT molecular complexity index is 781. The quantitative estimate of drug-likeness (QED) is 0.481. The van der Waals surface area contributed by atoms with Gasteiger partial charge in [0, 0.05) is 5.56 Å². The molecule has 0 saturated carbocycles. The van der Waals surface area contributed by atoms with Crippen molar-refractivity contribution in [3.05, 3.63) is 35.5 Å². The molecule has 0 saturated heterocycles. The van der Waals surface area contributed by atoms with E-state index in [-0.39, 0.29) is 18.3 Å². The molecular formula is C13H10F3N2O6+. The Morgan fingerprint density at radius 3 is 2.67 bits per heavy atom. The van der Waals surface area contributed by atoms with Gasteiger partial charge in [-0.3, -0.25) is 4.79 Å². The van der Waals surface area contributed by atoms with Crippen molar-refractivity contribution < 1.29 is 47.3 Å². The van der Waals surface area contributed by atoms with E-state index in [2.05, 4.69) is 4.74 Å². The van der Waals surface area contributed by atoms with Crippen LogP contribution in [0.3, 0.4) is 0 Å². The zero-order valence-corrected chi connectivity index (χ0v) is 12.0. The predicted molar refractivity (Wildman–Crippen MR) is 67.6 cm³/mol. The van der Waals surface area contributed by atoms with Crippen molar-refractivity contribution in [2.24, 2.45) is 0 Å². The van der Waals surface area contributed by atoms with Crippen molar-refractivity contribution in [3.8, 4) is 11.5 Å². The molecule has 1 aromatic rings. The van der Waals surface area contributed by atoms with E-state index in [0.29, 0.717) is 0 Å². The summed E-state index contributed by atoms with van der Waals surface area (Å²) in [7, 11) is 0.858. The highest BCUT2D eigenvalue weighted by Crippen LogP contribution is 2.45. The lowest BCUT2D eigenvalue weighted by atomic mass is 9.83. The fraction of sp³-hybridized carbons (Fsp3) is 0.231. The number of rotatable bonds is 3. The number of nitrogens with zero attached hydrogens (tertiary/aromatic N) is 1. The van der Waals surface area contributed by atoms with Gasteiger partial charge in [-0.2, -0.15) is 4.39 Å². The summed E-state index contributed by atoms with van der Waals surface area (Å²) in [6.07, 6.45) is 0. The first-order valence-corrected chi connectivity index (χ1v) is 6.44. The van der Waals surface area contributed by atoms with Crippen molar-refractivity contribution in [2.45, 2.75) is 5.54 Å². The smallest absolute Gasteiger partial charge is 0.389 e. The summed E-state index contributed by atoms with van der Waals surface area (Å²) in [6, 6.07) is 3.07. The van der Waals surface area contributed by atoms with Gasteiger partial charge in [0.2, 0.25) is 12.6 Å². The molecule has 128 valence electrons. The number of benzene rings is 1. The predicted octanol–water partition coefficient (Wildman–Crippen LogP) is 1.15. The minimum absolute atomic E-state index is 0.0186. The molecule has 1 aromatic carbocycles. The number of fused-ring (bicyclic) bond motifs is 1. The molecule has 2 N–H and O–H groups in total. The highest BCUT2D eigenvalue weighted by atomic mass is 19.4. The SMILES string of the molecule is COC1=C(F)N[N+](F)(F)C(C(=O)O)(c2ccc3c(c2)OCO3)C1=O. The van der Waals surface area contributed by atoms with E-state index >= 15 is 0 Å². The summed E-state index contributed by atoms with van der Waals surface area (Å²) in [5.41, 5.74) is -3.09. The van der Waals surface area contributed by atoms with Gasteiger partial charge in [0.1, 0.15) is 0 Å². The average molecular weight is 347 g/mol. The second-order valence-corrected chi connectivity index (χ2v) is 4.89. The molecule has 0 amide bonds. The molecular weight excluding hydrogens is 337 g/mol. The summed E-state index contributed by atoms with van der Waals surface area (Å²) in [5.74, 6) is -6.71. The molecule has 2 aliphatic rings. The number of quaternary nitrogens is 1. The number of aliphatic carboxylic acids is 1. The highest BCUT2D eigenvalue weighted by molar-refractivity contribution is 6.14. The van der Waals surface area contributed by atoms with Crippen LogP contribution >= 0.6 is 0 Å². The Kier molecular flexibility index (Phi) is 3.34. The van der Waals surface area contributed by atoms with E-state index in [1.807, 2.05) is 0 Å². The highest BCUT2D eigenvalue weighted by Gasteiger charge is 2.75. The van der Waals surface area contributed by atoms with E-state index in [1.54, 1.807) is 0 Å². The summed E-state index contributed by atoms with van der Waals surface area (Å²) in [4.78, 5) is 24.2. The number of halogens is 3. The monoisotopic (exact) mass is 347 g/mol. The number of carboxylic acid groups (broad SMARTS) is 1. The van der Waals surface area contributed by atoms with Crippen LogP contribution in [0.2, 0.25) is 0 Å². The third-order valence-electron chi connectivity index (χ3n) is 3.70. The normalized spacial score (nSPS) is 24.6. The molecule has 0 radical (unpaired) electrons. The zero-order valence-electron chi connectivity index (χ0n) is 12.0. The first-order chi connectivity index (χ1) is 11.3. The number of hydrogen-bond acceptors (Lipinski definition) is 6. The summed E-state index contributed by atoms with van der Waals surface area (Å²) < 4.78 is 57.0. The lowest BCUT2D eigenvalue weighted by Crippen LogP contribution is -2.69. The largest absolute Gasteiger partial charge is 0.489 e. The maximum Gasteiger partial charge on any atom is 0.389 e. The molecule has 2 aliphatic heterocycles. The van der Waals surface area contributed by atoms with Gasteiger partial charge in [-0.05, 0) is 18.2 Å². The molecule has 0 fully saturated rings. The van der Waals surface area contributed by atoms with Crippen LogP contribution in [0.15, 0.2) is 29.9 Å². The van der Waals surface area contributed by atoms with Crippen LogP contribution in [-0.4, -0.2) is 35.8 Å². The van der Waals surface area contributed by atoms with Crippen molar-refractivity contribution in [3.63, 3.8) is 0 Å². The van der Waals surface area contributed by atoms with Gasteiger partial charge >= 0.3 is 11.5 Å². The van der Waals surface area contributed by atoms with Crippen molar-refractivity contribution in [1.29, 1.82) is 0 Å². The molecule has 0 bridgehead atoms. The van der Waals surface area contributed by atoms with Crippen LogP contribution < -0.4 is 14.9 Å². The summed E-state index contributed by atoms with van der Waals surface area (Å²) >= 11 is 0. The van der Waals surface area contributed by atoms with Crippen LogP contribution in [0.4, 0.5) is 13.4 Å². The van der Waals surface area contributed by atoms with E-state index in [1.165, 1.54) is 6.07 Å². The molecule has 11 heteroatoms. The Morgan fingerprint density at radius 1 is 1.38 bits per heavy atom. The third kappa shape index (κ3) is 1.84. The van der Waals surface area contributed by atoms with Gasteiger partial charge in [-0.25, -0.2) is 4.79 Å². The Morgan fingerprint density at radius 2 is 2.04 bits per heavy atom. The van der Waals surface area contributed by atoms with E-state index < -0.39 is 39.6 Å². The maximum absolute atomic E-state index is 14.4. The van der Waals surface area contributed by atoms with Crippen LogP contribution in [0.5, 0.6) is 11.5 Å². The van der Waals surface area contributed by atoms with Crippen LogP contribution in [-0.2, 0) is 19.9 Å². The standard InChI is InChI=1S/C13H9F3N2O6/c1-22-9-10(19)13(12(20)21,18(15,16)17-11(9)14)6-2-3-7-8(4-6)24-5-23-7/h2-4H,5H2,1H3,(H-,17,19,20,21)/p+1. The number of ketones is 1. The minimum Gasteiger partial charge on any atom is -0.489 e. The number of ether oxygens (including phenoxy) is 3. The van der Waals surface area contributed by atoms with Gasteiger partial charge in [0.05, 0.1) is 16.1 Å². The maximum atomic E-state index is 14.4. The topological polar surface area (TPSA) is 94.1 Å². The summed E-state index contributed by atoms with van der Waals surface area (Å²) in [6.45, 7) is -0.186. The number of Topliss-reactive ketones (excluding diaryl/α,β-unsaturated/α-hetero) is 1. The molecule has 1 atom stereocenters. The number of carbonyl (C=O) groups excluding carboxylic acids is 1. The van der Waals surface area contributed by atoms with Crippen LogP contribution in [0.1, 0.15) is 5.56 Å². The van der Waals surface area contributed by atoms with Gasteiger partial charge < -0.3 is 19.3 Å². The number of carbonyl (C=O) groups is 2. The minimum atomic E-state index is -3.68. The summed E-state index contributed by atoms with van der Waals surface area (Å²) in [5, 5.41) is 5.79. The molecule has 0 aromatic heterocycles. The lowest BCUT2D eigenvalue weighted by Gasteiger charge is -2.34. The van der Waals surface area contributed by atoms with Gasteiger partial charge in [-0.15, -0.1) is 5.43 Å². The van der Waals surface area contributed by atoms with Crippen LogP contribution in [0, 0.1) is 0 Å². The number of hydrogen-bond donors (Lipinski definition) is 2. The molecule has 8 nitrogen and oxygen atoms in total. The molecule has 0 aliphatic carbocycles. The first-order valence-electron chi connectivity index (χ1n) is 6.44. The van der Waals surface area contributed by atoms with Crippen molar-refractivity contribution in [2.75, 3.05) is 13.9 Å². The lowest BCUT2D eigenvalue weighted by molar-refractivity contribution is -1.22. The molecule has 3 rings (SSSR count). The van der Waals surface area contributed by atoms with Crippen molar-refractivity contribution >= 4 is 11.8 Å².